The lowest BCUT2D eigenvalue weighted by Gasteiger charge is -2.10. The van der Waals surface area contributed by atoms with Crippen molar-refractivity contribution in [2.75, 3.05) is 7.11 Å². The third-order valence-corrected chi connectivity index (χ3v) is 4.98. The molecule has 1 saturated heterocycles. The summed E-state index contributed by atoms with van der Waals surface area (Å²) < 4.78 is 15.6. The first-order valence-electron chi connectivity index (χ1n) is 9.84. The maximum atomic E-state index is 12.9. The second-order valence-corrected chi connectivity index (χ2v) is 7.47. The topological polar surface area (TPSA) is 154 Å². The maximum absolute atomic E-state index is 12.9. The molecule has 2 aromatic heterocycles. The second-order valence-electron chi connectivity index (χ2n) is 7.03. The Labute approximate surface area is 201 Å². The summed E-state index contributed by atoms with van der Waals surface area (Å²) in [5.74, 6) is -0.898. The van der Waals surface area contributed by atoms with Gasteiger partial charge in [-0.3, -0.25) is 19.8 Å². The van der Waals surface area contributed by atoms with Gasteiger partial charge in [-0.1, -0.05) is 11.6 Å². The predicted molar refractivity (Wildman–Crippen MR) is 120 cm³/mol. The Balaban J connectivity index is 1.56. The number of nitrogens with one attached hydrogen (secondary N) is 1. The number of rotatable bonds is 7. The van der Waals surface area contributed by atoms with Crippen molar-refractivity contribution in [2.45, 2.75) is 6.54 Å². The van der Waals surface area contributed by atoms with Gasteiger partial charge in [0.25, 0.3) is 11.6 Å². The number of halogens is 1. The number of nitrogens with zero attached hydrogens (tertiary/aromatic N) is 3. The van der Waals surface area contributed by atoms with Crippen LogP contribution in [0.25, 0.3) is 6.08 Å². The van der Waals surface area contributed by atoms with Crippen molar-refractivity contribution < 1.29 is 33.2 Å². The van der Waals surface area contributed by atoms with Crippen molar-refractivity contribution in [2.24, 2.45) is 0 Å². The van der Waals surface area contributed by atoms with Crippen molar-refractivity contribution in [1.82, 2.24) is 15.2 Å². The van der Waals surface area contributed by atoms with E-state index in [1.807, 2.05) is 0 Å². The number of pyridine rings is 1. The van der Waals surface area contributed by atoms with Crippen LogP contribution in [0.4, 0.5) is 10.5 Å². The number of methoxy groups -OCH3 is 1. The zero-order valence-corrected chi connectivity index (χ0v) is 18.6. The van der Waals surface area contributed by atoms with Gasteiger partial charge in [0.1, 0.15) is 23.4 Å². The molecule has 13 heteroatoms. The quantitative estimate of drug-likeness (QED) is 0.168. The summed E-state index contributed by atoms with van der Waals surface area (Å²) in [6.45, 7) is -0.218. The van der Waals surface area contributed by atoms with Crippen LogP contribution < -0.4 is 10.1 Å². The van der Waals surface area contributed by atoms with Crippen LogP contribution in [0.15, 0.2) is 58.8 Å². The highest BCUT2D eigenvalue weighted by molar-refractivity contribution is 6.30. The molecule has 35 heavy (non-hydrogen) atoms. The minimum absolute atomic E-state index is 0.0569. The van der Waals surface area contributed by atoms with Crippen molar-refractivity contribution in [1.29, 1.82) is 0 Å². The Morgan fingerprint density at radius 1 is 1.26 bits per heavy atom. The molecule has 3 heterocycles. The molecule has 0 spiro atoms. The second kappa shape index (κ2) is 9.65. The van der Waals surface area contributed by atoms with Gasteiger partial charge in [0.2, 0.25) is 11.6 Å². The maximum Gasteiger partial charge on any atom is 0.373 e. The number of aromatic nitrogens is 1. The van der Waals surface area contributed by atoms with E-state index in [1.165, 1.54) is 49.6 Å². The van der Waals surface area contributed by atoms with Crippen LogP contribution in [0, 0.1) is 10.1 Å². The van der Waals surface area contributed by atoms with E-state index in [-0.39, 0.29) is 41.1 Å². The van der Waals surface area contributed by atoms with Crippen LogP contribution in [0.2, 0.25) is 5.02 Å². The first-order valence-corrected chi connectivity index (χ1v) is 10.2. The largest absolute Gasteiger partial charge is 0.463 e. The Morgan fingerprint density at radius 3 is 2.74 bits per heavy atom. The number of amides is 3. The number of carbonyl (C=O) groups excluding carboxylic acids is 3. The van der Waals surface area contributed by atoms with Gasteiger partial charge in [-0.25, -0.2) is 14.6 Å². The fourth-order valence-electron chi connectivity index (χ4n) is 3.08. The molecule has 0 atom stereocenters. The average molecular weight is 499 g/mol. The number of urea groups is 1. The van der Waals surface area contributed by atoms with Gasteiger partial charge in [0.05, 0.1) is 18.6 Å². The van der Waals surface area contributed by atoms with Crippen molar-refractivity contribution >= 4 is 41.3 Å². The van der Waals surface area contributed by atoms with E-state index in [0.29, 0.717) is 10.6 Å². The zero-order chi connectivity index (χ0) is 25.1. The zero-order valence-electron chi connectivity index (χ0n) is 17.9. The third kappa shape index (κ3) is 5.12. The van der Waals surface area contributed by atoms with E-state index in [9.17, 15) is 24.5 Å². The average Bonchev–Trinajstić information content (AvgIpc) is 3.41. The number of esters is 1. The molecule has 3 amide bonds. The summed E-state index contributed by atoms with van der Waals surface area (Å²) in [6.07, 6.45) is 2.41. The Morgan fingerprint density at radius 2 is 2.06 bits per heavy atom. The number of hydrogen-bond donors (Lipinski definition) is 1. The monoisotopic (exact) mass is 498 g/mol. The molecule has 1 fully saturated rings. The summed E-state index contributed by atoms with van der Waals surface area (Å²) in [4.78, 5) is 51.8. The minimum Gasteiger partial charge on any atom is -0.463 e. The van der Waals surface area contributed by atoms with Crippen molar-refractivity contribution in [3.63, 3.8) is 0 Å². The lowest BCUT2D eigenvalue weighted by molar-refractivity contribution is -0.385. The SMILES string of the molecule is COC(=O)c1ccc(CN2C(=O)NC(=Cc3cc(Cl)ccc3Oc3ccc([N+](=O)[O-])cn3)C2=O)o1. The highest BCUT2D eigenvalue weighted by Crippen LogP contribution is 2.30. The normalized spacial score (nSPS) is 14.2. The smallest absolute Gasteiger partial charge is 0.373 e. The van der Waals surface area contributed by atoms with E-state index in [0.717, 1.165) is 11.1 Å². The summed E-state index contributed by atoms with van der Waals surface area (Å²) >= 11 is 6.09. The van der Waals surface area contributed by atoms with Crippen LogP contribution in [-0.4, -0.2) is 39.8 Å². The molecule has 4 rings (SSSR count). The van der Waals surface area contributed by atoms with Crippen molar-refractivity contribution in [3.05, 3.63) is 86.6 Å². The van der Waals surface area contributed by atoms with Crippen LogP contribution in [0.5, 0.6) is 11.6 Å². The lowest BCUT2D eigenvalue weighted by Crippen LogP contribution is -2.30. The first-order chi connectivity index (χ1) is 16.7. The molecule has 0 aliphatic carbocycles. The summed E-state index contributed by atoms with van der Waals surface area (Å²) in [5.41, 5.74) is 0.0815. The van der Waals surface area contributed by atoms with Crippen LogP contribution >= 0.6 is 11.6 Å². The molecule has 178 valence electrons. The Hall–Kier alpha value is -4.71. The predicted octanol–water partition coefficient (Wildman–Crippen LogP) is 3.91. The third-order valence-electron chi connectivity index (χ3n) is 4.74. The van der Waals surface area contributed by atoms with Gasteiger partial charge in [0, 0.05) is 22.7 Å². The van der Waals surface area contributed by atoms with Crippen LogP contribution in [-0.2, 0) is 16.1 Å². The molecule has 0 radical (unpaired) electrons. The minimum atomic E-state index is -0.696. The van der Waals surface area contributed by atoms with E-state index < -0.39 is 22.8 Å². The summed E-state index contributed by atoms with van der Waals surface area (Å²) in [7, 11) is 1.20. The molecular formula is C22H15ClN4O8. The van der Waals surface area contributed by atoms with Crippen LogP contribution in [0.3, 0.4) is 0 Å². The number of benzene rings is 1. The highest BCUT2D eigenvalue weighted by Gasteiger charge is 2.34. The molecule has 0 saturated carbocycles. The Kier molecular flexibility index (Phi) is 6.46. The summed E-state index contributed by atoms with van der Waals surface area (Å²) in [6, 6.07) is 9.25. The molecule has 12 nitrogen and oxygen atoms in total. The molecule has 0 bridgehead atoms. The van der Waals surface area contributed by atoms with E-state index in [2.05, 4.69) is 15.0 Å². The molecular weight excluding hydrogens is 484 g/mol. The fourth-order valence-corrected chi connectivity index (χ4v) is 3.26. The molecule has 3 aromatic rings. The molecule has 1 aromatic carbocycles. The van der Waals surface area contributed by atoms with Gasteiger partial charge >= 0.3 is 12.0 Å². The number of ether oxygens (including phenoxy) is 2. The van der Waals surface area contributed by atoms with Gasteiger partial charge in [-0.15, -0.1) is 0 Å². The molecule has 0 unspecified atom stereocenters. The molecule has 1 aliphatic rings. The number of hydrogen-bond acceptors (Lipinski definition) is 9. The number of furan rings is 1. The summed E-state index contributed by atoms with van der Waals surface area (Å²) in [5, 5.41) is 13.6. The fraction of sp³-hybridized carbons (Fsp3) is 0.0909. The van der Waals surface area contributed by atoms with Gasteiger partial charge < -0.3 is 19.2 Å². The number of imide groups is 1. The molecule has 1 aliphatic heterocycles. The first kappa shape index (κ1) is 23.4. The van der Waals surface area contributed by atoms with Gasteiger partial charge in [-0.05, 0) is 36.4 Å². The van der Waals surface area contributed by atoms with E-state index in [1.54, 1.807) is 6.07 Å². The van der Waals surface area contributed by atoms with Gasteiger partial charge in [0.15, 0.2) is 0 Å². The highest BCUT2D eigenvalue weighted by atomic mass is 35.5. The molecule has 1 N–H and O–H groups in total. The number of nitro groups is 1. The number of carbonyl (C=O) groups is 3. The standard InChI is InChI=1S/C22H15ClN4O8/c1-33-21(29)18-6-4-15(34-18)11-26-20(28)16(25-22(26)30)9-12-8-13(23)2-5-17(12)35-19-7-3-14(10-24-19)27(31)32/h2-10H,11H2,1H3,(H,25,30). The Bertz CT molecular complexity index is 1370. The van der Waals surface area contributed by atoms with E-state index in [4.69, 9.17) is 20.8 Å². The van der Waals surface area contributed by atoms with Crippen LogP contribution in [0.1, 0.15) is 21.9 Å². The van der Waals surface area contributed by atoms with Gasteiger partial charge in [-0.2, -0.15) is 0 Å². The lowest BCUT2D eigenvalue weighted by atomic mass is 10.1. The van der Waals surface area contributed by atoms with E-state index >= 15 is 0 Å². The van der Waals surface area contributed by atoms with Crippen molar-refractivity contribution in [3.8, 4) is 11.6 Å².